The number of nitrogen functional groups attached to an aromatic ring is 1. The smallest absolute Gasteiger partial charge is 0.404 e. The molecule has 1 saturated carbocycles. The predicted molar refractivity (Wildman–Crippen MR) is 77.5 cm³/mol. The van der Waals surface area contributed by atoms with E-state index in [0.29, 0.717) is 24.1 Å². The Morgan fingerprint density at radius 2 is 2.33 bits per heavy atom. The second-order valence-electron chi connectivity index (χ2n) is 5.39. The first-order valence-electron chi connectivity index (χ1n) is 6.84. The number of carbonyl (C=O) groups is 1. The molecule has 1 fully saturated rings. The molecule has 1 amide bonds. The third-order valence-corrected chi connectivity index (χ3v) is 3.73. The second-order valence-corrected chi connectivity index (χ2v) is 5.39. The fourth-order valence-electron chi connectivity index (χ4n) is 2.46. The van der Waals surface area contributed by atoms with Crippen LogP contribution in [0, 0.1) is 11.8 Å². The molecule has 7 heteroatoms. The third-order valence-electron chi connectivity index (χ3n) is 3.73. The summed E-state index contributed by atoms with van der Waals surface area (Å²) in [6, 6.07) is 7.53. The Bertz CT molecular complexity index is 654. The van der Waals surface area contributed by atoms with Crippen molar-refractivity contribution in [2.24, 2.45) is 11.8 Å². The Kier molecular flexibility index (Phi) is 3.47. The van der Waals surface area contributed by atoms with Crippen LogP contribution >= 0.6 is 0 Å². The van der Waals surface area contributed by atoms with Gasteiger partial charge in [-0.2, -0.15) is 0 Å². The van der Waals surface area contributed by atoms with Crippen molar-refractivity contribution in [3.05, 3.63) is 30.5 Å². The summed E-state index contributed by atoms with van der Waals surface area (Å²) in [7, 11) is 0. The summed E-state index contributed by atoms with van der Waals surface area (Å²) in [6.07, 6.45) is 1.95. The molecule has 1 aromatic heterocycles. The number of nitrogens with zero attached hydrogens (tertiary/aromatic N) is 3. The molecular formula is C14H17N5O2. The molecule has 0 bridgehead atoms. The molecule has 2 atom stereocenters. The standard InChI is InChI=1S/C14H17N5O2/c15-12-3-1-2-9(5-12)13-8-19(18-17-13)7-11-4-10(11)6-16-14(20)21/h1-3,5,8,10-11,16H,4,6-7,15H2,(H,20,21). The molecule has 1 aromatic carbocycles. The topological polar surface area (TPSA) is 106 Å². The van der Waals surface area contributed by atoms with Gasteiger partial charge in [0, 0.05) is 24.3 Å². The molecule has 1 heterocycles. The molecule has 2 aromatic rings. The fraction of sp³-hybridized carbons (Fsp3) is 0.357. The third kappa shape index (κ3) is 3.31. The maximum absolute atomic E-state index is 10.4. The lowest BCUT2D eigenvalue weighted by atomic mass is 10.1. The highest BCUT2D eigenvalue weighted by Crippen LogP contribution is 2.39. The zero-order valence-electron chi connectivity index (χ0n) is 11.4. The summed E-state index contributed by atoms with van der Waals surface area (Å²) in [5.41, 5.74) is 8.20. The van der Waals surface area contributed by atoms with E-state index in [0.717, 1.165) is 24.2 Å². The summed E-state index contributed by atoms with van der Waals surface area (Å²) in [5.74, 6) is 0.869. The number of aromatic nitrogens is 3. The summed E-state index contributed by atoms with van der Waals surface area (Å²) >= 11 is 0. The van der Waals surface area contributed by atoms with Gasteiger partial charge >= 0.3 is 6.09 Å². The van der Waals surface area contributed by atoms with E-state index in [-0.39, 0.29) is 0 Å². The lowest BCUT2D eigenvalue weighted by molar-refractivity contribution is 0.193. The van der Waals surface area contributed by atoms with Crippen molar-refractivity contribution < 1.29 is 9.90 Å². The molecule has 110 valence electrons. The van der Waals surface area contributed by atoms with Crippen LogP contribution in [0.5, 0.6) is 0 Å². The Balaban J connectivity index is 1.58. The lowest BCUT2D eigenvalue weighted by Crippen LogP contribution is -2.23. The number of amides is 1. The van der Waals surface area contributed by atoms with Crippen LogP contribution in [0.4, 0.5) is 10.5 Å². The van der Waals surface area contributed by atoms with Crippen molar-refractivity contribution in [3.8, 4) is 11.3 Å². The van der Waals surface area contributed by atoms with Crippen LogP contribution in [0.2, 0.25) is 0 Å². The first kappa shape index (κ1) is 13.4. The van der Waals surface area contributed by atoms with E-state index in [1.165, 1.54) is 0 Å². The highest BCUT2D eigenvalue weighted by molar-refractivity contribution is 5.64. The summed E-state index contributed by atoms with van der Waals surface area (Å²) in [6.45, 7) is 1.28. The van der Waals surface area contributed by atoms with Gasteiger partial charge in [0.25, 0.3) is 0 Å². The van der Waals surface area contributed by atoms with Crippen LogP contribution in [0.3, 0.4) is 0 Å². The van der Waals surface area contributed by atoms with Crippen molar-refractivity contribution in [2.75, 3.05) is 12.3 Å². The minimum Gasteiger partial charge on any atom is -0.465 e. The van der Waals surface area contributed by atoms with Gasteiger partial charge in [0.05, 0.1) is 6.20 Å². The average molecular weight is 287 g/mol. The number of hydrogen-bond acceptors (Lipinski definition) is 4. The van der Waals surface area contributed by atoms with Gasteiger partial charge in [-0.1, -0.05) is 17.3 Å². The predicted octanol–water partition coefficient (Wildman–Crippen LogP) is 1.43. The van der Waals surface area contributed by atoms with Crippen LogP contribution in [0.25, 0.3) is 11.3 Å². The van der Waals surface area contributed by atoms with Crippen LogP contribution in [-0.4, -0.2) is 32.7 Å². The van der Waals surface area contributed by atoms with Crippen molar-refractivity contribution in [1.29, 1.82) is 0 Å². The Morgan fingerprint density at radius 3 is 3.10 bits per heavy atom. The van der Waals surface area contributed by atoms with Gasteiger partial charge in [0.1, 0.15) is 5.69 Å². The molecule has 0 aliphatic heterocycles. The minimum atomic E-state index is -0.967. The molecule has 7 nitrogen and oxygen atoms in total. The van der Waals surface area contributed by atoms with Crippen molar-refractivity contribution >= 4 is 11.8 Å². The van der Waals surface area contributed by atoms with Gasteiger partial charge in [-0.05, 0) is 30.4 Å². The van der Waals surface area contributed by atoms with Crippen molar-refractivity contribution in [2.45, 2.75) is 13.0 Å². The SMILES string of the molecule is Nc1cccc(-c2cn(CC3CC3CNC(=O)O)nn2)c1. The molecule has 3 rings (SSSR count). The summed E-state index contributed by atoms with van der Waals surface area (Å²) < 4.78 is 1.81. The van der Waals surface area contributed by atoms with Gasteiger partial charge < -0.3 is 16.2 Å². The van der Waals surface area contributed by atoms with Crippen LogP contribution in [0.1, 0.15) is 6.42 Å². The molecular weight excluding hydrogens is 270 g/mol. The highest BCUT2D eigenvalue weighted by Gasteiger charge is 2.37. The number of nitrogens with two attached hydrogens (primary N) is 1. The van der Waals surface area contributed by atoms with E-state index in [2.05, 4.69) is 15.6 Å². The normalized spacial score (nSPS) is 20.2. The van der Waals surface area contributed by atoms with Crippen molar-refractivity contribution in [1.82, 2.24) is 20.3 Å². The van der Waals surface area contributed by atoms with Gasteiger partial charge in [-0.15, -0.1) is 5.10 Å². The number of anilines is 1. The number of rotatable bonds is 5. The molecule has 4 N–H and O–H groups in total. The Labute approximate surface area is 121 Å². The average Bonchev–Trinajstić information content (AvgIpc) is 3.00. The number of benzene rings is 1. The van der Waals surface area contributed by atoms with E-state index in [1.54, 1.807) is 0 Å². The maximum Gasteiger partial charge on any atom is 0.404 e. The molecule has 0 radical (unpaired) electrons. The zero-order chi connectivity index (χ0) is 14.8. The lowest BCUT2D eigenvalue weighted by Gasteiger charge is -2.00. The number of carboxylic acid groups (broad SMARTS) is 1. The van der Waals surface area contributed by atoms with Gasteiger partial charge in [-0.25, -0.2) is 4.79 Å². The van der Waals surface area contributed by atoms with Crippen LogP contribution < -0.4 is 11.1 Å². The molecule has 1 aliphatic rings. The van der Waals surface area contributed by atoms with Gasteiger partial charge in [0.2, 0.25) is 0 Å². The van der Waals surface area contributed by atoms with E-state index in [9.17, 15) is 4.79 Å². The second kappa shape index (κ2) is 5.43. The Morgan fingerprint density at radius 1 is 1.48 bits per heavy atom. The summed E-state index contributed by atoms with van der Waals surface area (Å²) in [5, 5.41) is 19.3. The highest BCUT2D eigenvalue weighted by atomic mass is 16.4. The molecule has 1 aliphatic carbocycles. The van der Waals surface area contributed by atoms with E-state index < -0.39 is 6.09 Å². The van der Waals surface area contributed by atoms with Gasteiger partial charge in [-0.3, -0.25) is 4.68 Å². The quantitative estimate of drug-likeness (QED) is 0.721. The molecule has 0 saturated heterocycles. The van der Waals surface area contributed by atoms with Crippen LogP contribution in [0.15, 0.2) is 30.5 Å². The molecule has 21 heavy (non-hydrogen) atoms. The Hall–Kier alpha value is -2.57. The van der Waals surface area contributed by atoms with Crippen LogP contribution in [-0.2, 0) is 6.54 Å². The van der Waals surface area contributed by atoms with Gasteiger partial charge in [0.15, 0.2) is 0 Å². The van der Waals surface area contributed by atoms with E-state index in [1.807, 2.05) is 35.1 Å². The maximum atomic E-state index is 10.4. The number of nitrogens with one attached hydrogen (secondary N) is 1. The zero-order valence-corrected chi connectivity index (χ0v) is 11.4. The summed E-state index contributed by atoms with van der Waals surface area (Å²) in [4.78, 5) is 10.4. The number of hydrogen-bond donors (Lipinski definition) is 3. The first-order valence-corrected chi connectivity index (χ1v) is 6.84. The molecule has 2 unspecified atom stereocenters. The largest absolute Gasteiger partial charge is 0.465 e. The van der Waals surface area contributed by atoms with Crippen molar-refractivity contribution in [3.63, 3.8) is 0 Å². The molecule has 0 spiro atoms. The van der Waals surface area contributed by atoms with E-state index in [4.69, 9.17) is 10.8 Å². The monoisotopic (exact) mass is 287 g/mol. The minimum absolute atomic E-state index is 0.404. The first-order chi connectivity index (χ1) is 10.1. The fourth-order valence-corrected chi connectivity index (χ4v) is 2.46. The van der Waals surface area contributed by atoms with E-state index >= 15 is 0 Å².